The molecule has 5 heterocycles. The fraction of sp³-hybridized carbons (Fsp3) is 0.442. The van der Waals surface area contributed by atoms with Gasteiger partial charge in [-0.1, -0.05) is 11.6 Å². The third kappa shape index (κ3) is 8.55. The number of carbonyl (C=O) groups is 2. The highest BCUT2D eigenvalue weighted by Crippen LogP contribution is 2.36. The molecule has 0 aliphatic carbocycles. The number of rotatable bonds is 12. The van der Waals surface area contributed by atoms with E-state index in [2.05, 4.69) is 49.1 Å². The van der Waals surface area contributed by atoms with Crippen LogP contribution in [0.4, 0.5) is 26.0 Å². The highest BCUT2D eigenvalue weighted by atomic mass is 35.5. The van der Waals surface area contributed by atoms with Gasteiger partial charge in [0.1, 0.15) is 29.8 Å². The van der Waals surface area contributed by atoms with E-state index >= 15 is 4.39 Å². The van der Waals surface area contributed by atoms with Gasteiger partial charge in [-0.2, -0.15) is 0 Å². The van der Waals surface area contributed by atoms with Gasteiger partial charge in [0, 0.05) is 85.0 Å². The van der Waals surface area contributed by atoms with Crippen LogP contribution in [-0.2, 0) is 9.59 Å². The fourth-order valence-electron chi connectivity index (χ4n) is 8.79. The molecule has 3 unspecified atom stereocenters. The number of likely N-dealkylation sites (tertiary alicyclic amines) is 1. The van der Waals surface area contributed by atoms with Gasteiger partial charge >= 0.3 is 0 Å². The number of imide groups is 1. The Morgan fingerprint density at radius 2 is 1.69 bits per heavy atom. The molecule has 3 aliphatic rings. The minimum absolute atomic E-state index is 0.0189. The number of anilines is 3. The molecule has 0 bridgehead atoms. The summed E-state index contributed by atoms with van der Waals surface area (Å²) in [7, 11) is 1.60. The van der Waals surface area contributed by atoms with Crippen LogP contribution in [0.15, 0.2) is 61.2 Å². The number of aromatic nitrogens is 3. The summed E-state index contributed by atoms with van der Waals surface area (Å²) >= 11 is 5.99. The number of carbonyl (C=O) groups excluding carboxylic acids is 2. The first-order valence-electron chi connectivity index (χ1n) is 20.1. The molecule has 3 atom stereocenters. The zero-order valence-corrected chi connectivity index (χ0v) is 33.8. The maximum absolute atomic E-state index is 15.6. The number of piperidine rings is 2. The Balaban J connectivity index is 0.813. The van der Waals surface area contributed by atoms with Gasteiger partial charge in [-0.15, -0.1) is 0 Å². The molecular weight excluding hydrogens is 766 g/mol. The Kier molecular flexibility index (Phi) is 11.7. The number of piperazine rings is 1. The number of nitrogens with one attached hydrogen (secondary N) is 2. The monoisotopic (exact) mass is 814 g/mol. The van der Waals surface area contributed by atoms with Crippen LogP contribution in [-0.4, -0.2) is 101 Å². The van der Waals surface area contributed by atoms with E-state index in [1.54, 1.807) is 25.4 Å². The summed E-state index contributed by atoms with van der Waals surface area (Å²) < 4.78 is 43.0. The lowest BCUT2D eigenvalue weighted by Crippen LogP contribution is -2.58. The van der Waals surface area contributed by atoms with Gasteiger partial charge < -0.3 is 29.2 Å². The average Bonchev–Trinajstić information content (AvgIpc) is 3.61. The number of hydrogen-bond donors (Lipinski definition) is 2. The second-order valence-electron chi connectivity index (χ2n) is 15.9. The highest BCUT2D eigenvalue weighted by molar-refractivity contribution is 6.31. The Hall–Kier alpha value is -5.05. The summed E-state index contributed by atoms with van der Waals surface area (Å²) in [5.41, 5.74) is 1.87. The lowest BCUT2D eigenvalue weighted by Gasteiger charge is -2.47. The summed E-state index contributed by atoms with van der Waals surface area (Å²) in [5.74, 6) is 0.998. The van der Waals surface area contributed by atoms with E-state index in [1.165, 1.54) is 18.5 Å². The van der Waals surface area contributed by atoms with Gasteiger partial charge in [0.05, 0.1) is 29.9 Å². The molecule has 8 rings (SSSR count). The van der Waals surface area contributed by atoms with Crippen LogP contribution in [0.2, 0.25) is 5.02 Å². The molecule has 0 radical (unpaired) electrons. The summed E-state index contributed by atoms with van der Waals surface area (Å²) in [5, 5.41) is 7.99. The lowest BCUT2D eigenvalue weighted by molar-refractivity contribution is -0.135. The number of ether oxygens (including phenoxy) is 2. The van der Waals surface area contributed by atoms with Gasteiger partial charge in [0.2, 0.25) is 11.8 Å². The molecule has 2 amide bonds. The maximum Gasteiger partial charge on any atom is 0.249 e. The van der Waals surface area contributed by atoms with Crippen molar-refractivity contribution in [3.63, 3.8) is 0 Å². The molecule has 3 saturated heterocycles. The molecule has 2 aromatic heterocycles. The van der Waals surface area contributed by atoms with Crippen molar-refractivity contribution in [2.75, 3.05) is 63.2 Å². The molecule has 2 N–H and O–H groups in total. The van der Waals surface area contributed by atoms with Gasteiger partial charge in [-0.3, -0.25) is 19.8 Å². The molecule has 15 heteroatoms. The predicted octanol–water partition coefficient (Wildman–Crippen LogP) is 7.33. The van der Waals surface area contributed by atoms with Gasteiger partial charge in [-0.25, -0.2) is 18.7 Å². The molecule has 12 nitrogen and oxygen atoms in total. The largest absolute Gasteiger partial charge is 0.493 e. The first-order chi connectivity index (χ1) is 28.0. The van der Waals surface area contributed by atoms with Crippen LogP contribution in [0, 0.1) is 17.6 Å². The van der Waals surface area contributed by atoms with Gasteiger partial charge in [0.15, 0.2) is 11.5 Å². The number of halogens is 3. The van der Waals surface area contributed by atoms with E-state index in [0.717, 1.165) is 74.7 Å². The first kappa shape index (κ1) is 39.8. The molecule has 0 saturated carbocycles. The van der Waals surface area contributed by atoms with Crippen LogP contribution in [0.5, 0.6) is 11.5 Å². The summed E-state index contributed by atoms with van der Waals surface area (Å²) in [6, 6.07) is 11.6. The van der Waals surface area contributed by atoms with Crippen LogP contribution < -0.4 is 25.0 Å². The number of amides is 2. The maximum atomic E-state index is 15.6. The van der Waals surface area contributed by atoms with Crippen LogP contribution >= 0.6 is 11.6 Å². The number of hydrogen-bond acceptors (Lipinski definition) is 10. The van der Waals surface area contributed by atoms with Crippen molar-refractivity contribution >= 4 is 62.3 Å². The normalized spacial score (nSPS) is 21.1. The lowest BCUT2D eigenvalue weighted by atomic mass is 9.94. The van der Waals surface area contributed by atoms with E-state index in [-0.39, 0.29) is 34.7 Å². The number of nitrogens with zero attached hydrogens (tertiary/aromatic N) is 6. The summed E-state index contributed by atoms with van der Waals surface area (Å²) in [6.45, 7) is 10.5. The van der Waals surface area contributed by atoms with Gasteiger partial charge in [0.25, 0.3) is 0 Å². The van der Waals surface area contributed by atoms with Crippen molar-refractivity contribution in [2.24, 2.45) is 5.92 Å². The van der Waals surface area contributed by atoms with E-state index in [4.69, 9.17) is 21.1 Å². The fourth-order valence-corrected chi connectivity index (χ4v) is 8.97. The molecule has 3 aromatic carbocycles. The smallest absolute Gasteiger partial charge is 0.249 e. The van der Waals surface area contributed by atoms with E-state index in [9.17, 15) is 14.0 Å². The Morgan fingerprint density at radius 1 is 0.931 bits per heavy atom. The third-order valence-electron chi connectivity index (χ3n) is 11.9. The minimum atomic E-state index is -0.491. The van der Waals surface area contributed by atoms with Crippen molar-refractivity contribution < 1.29 is 27.8 Å². The van der Waals surface area contributed by atoms with Crippen molar-refractivity contribution in [2.45, 2.75) is 64.1 Å². The molecule has 3 fully saturated rings. The molecule has 0 spiro atoms. The van der Waals surface area contributed by atoms with E-state index in [1.807, 2.05) is 29.0 Å². The van der Waals surface area contributed by atoms with Crippen LogP contribution in [0.25, 0.3) is 21.7 Å². The van der Waals surface area contributed by atoms with Crippen molar-refractivity contribution in [3.8, 4) is 11.5 Å². The summed E-state index contributed by atoms with van der Waals surface area (Å²) in [6.07, 6.45) is 8.99. The second kappa shape index (κ2) is 17.0. The summed E-state index contributed by atoms with van der Waals surface area (Å²) in [4.78, 5) is 40.2. The zero-order valence-electron chi connectivity index (χ0n) is 33.0. The van der Waals surface area contributed by atoms with E-state index < -0.39 is 11.9 Å². The standard InChI is InChI=1S/C43H49ClF2N8O4/c1-26-20-52(38-16-30-24-53(23-29(30)15-35(38)46)37-7-8-41(55)50-43(37)56)21-27(2)54(26)22-28-9-12-51(13-10-28)11-4-14-58-40-18-32-36(19-39(40)57-3)47-25-48-42(32)49-31-5-6-34(45)33(44)17-31/h5-6,15-19,23-28,37H,4,7-14,20-22H2,1-3H3,(H,47,48,49)(H,50,55,56). The Bertz CT molecular complexity index is 2310. The highest BCUT2D eigenvalue weighted by Gasteiger charge is 2.34. The van der Waals surface area contributed by atoms with Crippen molar-refractivity contribution in [3.05, 3.63) is 77.8 Å². The number of benzene rings is 3. The zero-order chi connectivity index (χ0) is 40.5. The molecule has 3 aliphatic heterocycles. The number of methoxy groups -OCH3 is 1. The van der Waals surface area contributed by atoms with Crippen LogP contribution in [0.1, 0.15) is 52.0 Å². The third-order valence-corrected chi connectivity index (χ3v) is 12.2. The van der Waals surface area contributed by atoms with Crippen molar-refractivity contribution in [1.82, 2.24) is 29.7 Å². The first-order valence-corrected chi connectivity index (χ1v) is 20.5. The van der Waals surface area contributed by atoms with Crippen molar-refractivity contribution in [1.29, 1.82) is 0 Å². The molecule has 306 valence electrons. The quantitative estimate of drug-likeness (QED) is 0.0981. The SMILES string of the molecule is COc1cc2ncnc(Nc3ccc(F)c(Cl)c3)c2cc1OCCCN1CCC(CN2C(C)CN(c3cc4cn(C5CCC(=O)NC5=O)cc4cc3F)CC2C)CC1. The van der Waals surface area contributed by atoms with E-state index in [0.29, 0.717) is 59.6 Å². The molecule has 58 heavy (non-hydrogen) atoms. The van der Waals surface area contributed by atoms with Crippen LogP contribution in [0.3, 0.4) is 0 Å². The average molecular weight is 815 g/mol. The Morgan fingerprint density at radius 3 is 2.41 bits per heavy atom. The van der Waals surface area contributed by atoms with Gasteiger partial charge in [-0.05, 0) is 94.9 Å². The topological polar surface area (TPSA) is 117 Å². The minimum Gasteiger partial charge on any atom is -0.493 e. The predicted molar refractivity (Wildman–Crippen MR) is 221 cm³/mol. The Labute approximate surface area is 341 Å². The molecule has 5 aromatic rings. The second-order valence-corrected chi connectivity index (χ2v) is 16.3. The molecular formula is C43H49ClF2N8O4. The number of fused-ring (bicyclic) bond motifs is 2.